The molecular formula is C26H32N2O5. The van der Waals surface area contributed by atoms with Crippen LogP contribution in [0.4, 0.5) is 4.79 Å². The molecule has 0 fully saturated rings. The number of aliphatic carboxylic acids is 1. The van der Waals surface area contributed by atoms with Gasteiger partial charge in [-0.05, 0) is 41.0 Å². The van der Waals surface area contributed by atoms with Crippen LogP contribution < -0.4 is 10.6 Å². The predicted molar refractivity (Wildman–Crippen MR) is 126 cm³/mol. The van der Waals surface area contributed by atoms with Crippen molar-refractivity contribution in [2.45, 2.75) is 58.0 Å². The van der Waals surface area contributed by atoms with Gasteiger partial charge in [0.05, 0.1) is 0 Å². The minimum absolute atomic E-state index is 0.0158. The number of rotatable bonds is 10. The van der Waals surface area contributed by atoms with Crippen LogP contribution in [-0.4, -0.2) is 41.8 Å². The first-order chi connectivity index (χ1) is 15.8. The number of carboxylic acid groups (broad SMARTS) is 1. The first-order valence-corrected chi connectivity index (χ1v) is 11.5. The summed E-state index contributed by atoms with van der Waals surface area (Å²) in [5.41, 5.74) is 4.63. The lowest BCUT2D eigenvalue weighted by molar-refractivity contribution is -0.143. The van der Waals surface area contributed by atoms with Crippen molar-refractivity contribution < 1.29 is 24.2 Å². The highest BCUT2D eigenvalue weighted by Crippen LogP contribution is 2.44. The van der Waals surface area contributed by atoms with Crippen molar-refractivity contribution in [2.24, 2.45) is 5.92 Å². The summed E-state index contributed by atoms with van der Waals surface area (Å²) in [7, 11) is 0. The molecule has 0 saturated carbocycles. The Bertz CT molecular complexity index is 958. The Labute approximate surface area is 194 Å². The lowest BCUT2D eigenvalue weighted by Crippen LogP contribution is -2.45. The van der Waals surface area contributed by atoms with E-state index in [0.29, 0.717) is 12.8 Å². The summed E-state index contributed by atoms with van der Waals surface area (Å²) in [5, 5.41) is 14.6. The molecule has 0 spiro atoms. The second-order valence-electron chi connectivity index (χ2n) is 8.74. The minimum atomic E-state index is -1.05. The molecule has 1 aliphatic carbocycles. The Kier molecular flexibility index (Phi) is 8.09. The van der Waals surface area contributed by atoms with Gasteiger partial charge in [0.25, 0.3) is 0 Å². The van der Waals surface area contributed by atoms with Gasteiger partial charge >= 0.3 is 12.1 Å². The number of benzene rings is 2. The molecule has 3 rings (SSSR count). The van der Waals surface area contributed by atoms with Gasteiger partial charge in [-0.1, -0.05) is 69.3 Å². The molecule has 3 N–H and O–H groups in total. The molecule has 0 aliphatic heterocycles. The summed E-state index contributed by atoms with van der Waals surface area (Å²) in [6.45, 7) is 5.63. The smallest absolute Gasteiger partial charge is 0.407 e. The molecule has 2 atom stereocenters. The van der Waals surface area contributed by atoms with E-state index < -0.39 is 18.1 Å². The number of hydrogen-bond donors (Lipinski definition) is 3. The Morgan fingerprint density at radius 2 is 1.55 bits per heavy atom. The maximum absolute atomic E-state index is 12.5. The zero-order valence-electron chi connectivity index (χ0n) is 19.3. The van der Waals surface area contributed by atoms with E-state index in [0.717, 1.165) is 11.1 Å². The van der Waals surface area contributed by atoms with Crippen LogP contribution in [0, 0.1) is 5.92 Å². The average molecular weight is 453 g/mol. The van der Waals surface area contributed by atoms with Crippen LogP contribution in [0.1, 0.15) is 57.1 Å². The number of carboxylic acids is 1. The van der Waals surface area contributed by atoms with Crippen LogP contribution in [0.5, 0.6) is 0 Å². The summed E-state index contributed by atoms with van der Waals surface area (Å²) in [6, 6.07) is 15.1. The third kappa shape index (κ3) is 5.92. The quantitative estimate of drug-likeness (QED) is 0.498. The largest absolute Gasteiger partial charge is 0.480 e. The molecule has 1 aliphatic rings. The van der Waals surface area contributed by atoms with Gasteiger partial charge in [0.2, 0.25) is 5.91 Å². The fraction of sp³-hybridized carbons (Fsp3) is 0.423. The van der Waals surface area contributed by atoms with Crippen molar-refractivity contribution in [3.05, 3.63) is 59.7 Å². The lowest BCUT2D eigenvalue weighted by Gasteiger charge is -2.20. The molecule has 7 nitrogen and oxygen atoms in total. The Morgan fingerprint density at radius 3 is 2.06 bits per heavy atom. The zero-order chi connectivity index (χ0) is 24.0. The van der Waals surface area contributed by atoms with Crippen molar-refractivity contribution >= 4 is 18.0 Å². The fourth-order valence-electron chi connectivity index (χ4n) is 4.25. The summed E-state index contributed by atoms with van der Waals surface area (Å²) >= 11 is 0. The van der Waals surface area contributed by atoms with Crippen molar-refractivity contribution in [1.82, 2.24) is 10.6 Å². The molecule has 7 heteroatoms. The monoisotopic (exact) mass is 452 g/mol. The highest BCUT2D eigenvalue weighted by Gasteiger charge is 2.29. The average Bonchev–Trinajstić information content (AvgIpc) is 3.12. The molecule has 2 amide bonds. The zero-order valence-corrected chi connectivity index (χ0v) is 19.3. The Balaban J connectivity index is 1.52. The number of carbonyl (C=O) groups excluding carboxylic acids is 2. The fourth-order valence-corrected chi connectivity index (χ4v) is 4.25. The van der Waals surface area contributed by atoms with Gasteiger partial charge < -0.3 is 20.5 Å². The lowest BCUT2D eigenvalue weighted by atomic mass is 9.98. The van der Waals surface area contributed by atoms with Gasteiger partial charge in [0, 0.05) is 18.4 Å². The second kappa shape index (κ2) is 11.0. The van der Waals surface area contributed by atoms with Crippen LogP contribution in [0.25, 0.3) is 11.1 Å². The summed E-state index contributed by atoms with van der Waals surface area (Å²) in [6.07, 6.45) is 0.634. The normalized spacial score (nSPS) is 14.2. The van der Waals surface area contributed by atoms with E-state index in [-0.39, 0.29) is 36.8 Å². The molecule has 33 heavy (non-hydrogen) atoms. The van der Waals surface area contributed by atoms with Crippen LogP contribution in [-0.2, 0) is 14.3 Å². The van der Waals surface area contributed by atoms with E-state index in [1.807, 2.05) is 31.2 Å². The number of hydrogen-bond acceptors (Lipinski definition) is 4. The third-order valence-corrected chi connectivity index (χ3v) is 6.13. The van der Waals surface area contributed by atoms with Crippen molar-refractivity contribution in [3.8, 4) is 11.1 Å². The molecule has 176 valence electrons. The van der Waals surface area contributed by atoms with Crippen LogP contribution >= 0.6 is 0 Å². The molecule has 0 aromatic heterocycles. The molecular weight excluding hydrogens is 420 g/mol. The Morgan fingerprint density at radius 1 is 0.970 bits per heavy atom. The Hall–Kier alpha value is -3.35. The van der Waals surface area contributed by atoms with Gasteiger partial charge in [-0.15, -0.1) is 0 Å². The highest BCUT2D eigenvalue weighted by atomic mass is 16.5. The highest BCUT2D eigenvalue weighted by molar-refractivity contribution is 5.83. The van der Waals surface area contributed by atoms with Gasteiger partial charge in [-0.25, -0.2) is 9.59 Å². The minimum Gasteiger partial charge on any atom is -0.480 e. The predicted octanol–water partition coefficient (Wildman–Crippen LogP) is 4.31. The van der Waals surface area contributed by atoms with Gasteiger partial charge in [0.1, 0.15) is 12.6 Å². The van der Waals surface area contributed by atoms with E-state index in [4.69, 9.17) is 4.74 Å². The number of carbonyl (C=O) groups is 3. The summed E-state index contributed by atoms with van der Waals surface area (Å²) in [5.74, 6) is -1.63. The summed E-state index contributed by atoms with van der Waals surface area (Å²) < 4.78 is 5.58. The molecule has 0 saturated heterocycles. The van der Waals surface area contributed by atoms with Gasteiger partial charge in [0.15, 0.2) is 0 Å². The van der Waals surface area contributed by atoms with Crippen molar-refractivity contribution in [2.75, 3.05) is 6.61 Å². The first kappa shape index (κ1) is 24.3. The molecule has 0 bridgehead atoms. The van der Waals surface area contributed by atoms with E-state index in [9.17, 15) is 19.5 Å². The molecule has 0 heterocycles. The molecule has 2 aromatic carbocycles. The van der Waals surface area contributed by atoms with Crippen LogP contribution in [0.15, 0.2) is 48.5 Å². The number of ether oxygens (including phenoxy) is 1. The van der Waals surface area contributed by atoms with E-state index >= 15 is 0 Å². The first-order valence-electron chi connectivity index (χ1n) is 11.5. The second-order valence-corrected chi connectivity index (χ2v) is 8.74. The number of fused-ring (bicyclic) bond motifs is 3. The van der Waals surface area contributed by atoms with Gasteiger partial charge in [-0.2, -0.15) is 0 Å². The molecule has 0 radical (unpaired) electrons. The third-order valence-electron chi connectivity index (χ3n) is 6.13. The van der Waals surface area contributed by atoms with Crippen LogP contribution in [0.3, 0.4) is 0 Å². The summed E-state index contributed by atoms with van der Waals surface area (Å²) in [4.78, 5) is 35.9. The topological polar surface area (TPSA) is 105 Å². The maximum Gasteiger partial charge on any atom is 0.407 e. The molecule has 1 unspecified atom stereocenters. The van der Waals surface area contributed by atoms with Crippen molar-refractivity contribution in [1.29, 1.82) is 0 Å². The van der Waals surface area contributed by atoms with Crippen molar-refractivity contribution in [3.63, 3.8) is 0 Å². The van der Waals surface area contributed by atoms with E-state index in [1.165, 1.54) is 11.1 Å². The van der Waals surface area contributed by atoms with E-state index in [1.54, 1.807) is 13.8 Å². The van der Waals surface area contributed by atoms with E-state index in [2.05, 4.69) is 34.9 Å². The number of alkyl carbamates (subject to hydrolysis) is 1. The maximum atomic E-state index is 12.5. The number of nitrogens with one attached hydrogen (secondary N) is 2. The van der Waals surface area contributed by atoms with Gasteiger partial charge in [-0.3, -0.25) is 4.79 Å². The SMILES string of the molecule is CCC(CCC(=O)N[C@@H](C(=O)O)C(C)C)NC(=O)OCC1c2ccccc2-c2ccccc21. The number of amides is 2. The standard InChI is InChI=1S/C26H32N2O5/c1-4-17(13-14-23(29)28-24(16(2)3)25(30)31)27-26(32)33-15-22-20-11-7-5-9-18(20)19-10-6-8-12-21(19)22/h5-12,16-17,22,24H,4,13-15H2,1-3H3,(H,27,32)(H,28,29)(H,30,31)/t17?,24-/m1/s1. The molecule has 2 aromatic rings. The van der Waals surface area contributed by atoms with Crippen LogP contribution in [0.2, 0.25) is 0 Å².